The van der Waals surface area contributed by atoms with Crippen molar-refractivity contribution in [2.75, 3.05) is 14.2 Å². The van der Waals surface area contributed by atoms with Crippen LogP contribution in [0.1, 0.15) is 89.2 Å². The first kappa shape index (κ1) is 35.3. The third-order valence-corrected chi connectivity index (χ3v) is 13.3. The summed E-state index contributed by atoms with van der Waals surface area (Å²) in [5.74, 6) is 1.79. The Balaban J connectivity index is 1.26. The third-order valence-electron chi connectivity index (χ3n) is 10.8. The highest BCUT2D eigenvalue weighted by Crippen LogP contribution is 2.56. The number of unbranched alkanes of at least 4 members (excludes halogenated alkanes) is 6. The second-order valence-corrected chi connectivity index (χ2v) is 16.2. The second kappa shape index (κ2) is 16.0. The number of ether oxygens (including phenoxy) is 2. The smallest absolute Gasteiger partial charge is 0.118 e. The maximum Gasteiger partial charge on any atom is 0.118 e. The molecule has 0 aliphatic heterocycles. The molecule has 4 aromatic carbocycles. The van der Waals surface area contributed by atoms with Crippen LogP contribution in [0, 0.1) is 0 Å². The van der Waals surface area contributed by atoms with Crippen LogP contribution in [0.15, 0.2) is 109 Å². The second-order valence-electron chi connectivity index (χ2n) is 14.0. The van der Waals surface area contributed by atoms with Crippen LogP contribution >= 0.6 is 22.7 Å². The van der Waals surface area contributed by atoms with Crippen molar-refractivity contribution in [3.63, 3.8) is 0 Å². The predicted molar refractivity (Wildman–Crippen MR) is 221 cm³/mol. The van der Waals surface area contributed by atoms with Gasteiger partial charge < -0.3 is 9.47 Å². The van der Waals surface area contributed by atoms with Gasteiger partial charge in [-0.2, -0.15) is 0 Å². The molecule has 0 saturated heterocycles. The molecule has 0 saturated carbocycles. The molecule has 7 rings (SSSR count). The molecule has 0 spiro atoms. The van der Waals surface area contributed by atoms with E-state index >= 15 is 0 Å². The number of benzene rings is 4. The Morgan fingerprint density at radius 2 is 0.863 bits per heavy atom. The van der Waals surface area contributed by atoms with Gasteiger partial charge >= 0.3 is 0 Å². The molecule has 262 valence electrons. The van der Waals surface area contributed by atoms with E-state index in [1.54, 1.807) is 19.8 Å². The van der Waals surface area contributed by atoms with Gasteiger partial charge in [0.1, 0.15) is 11.5 Å². The van der Waals surface area contributed by atoms with Gasteiger partial charge in [-0.1, -0.05) is 102 Å². The quantitative estimate of drug-likeness (QED) is 0.0931. The average Bonchev–Trinajstić information content (AvgIpc) is 3.93. The zero-order chi connectivity index (χ0) is 35.2. The van der Waals surface area contributed by atoms with Gasteiger partial charge in [-0.25, -0.2) is 0 Å². The normalized spacial score (nSPS) is 12.9. The Bertz CT molecular complexity index is 2040. The number of hydrogen-bond donors (Lipinski definition) is 0. The van der Waals surface area contributed by atoms with Crippen LogP contribution in [0.3, 0.4) is 0 Å². The molecular formula is C47H50O2S2. The molecule has 1 aliphatic rings. The van der Waals surface area contributed by atoms with Crippen molar-refractivity contribution in [1.29, 1.82) is 0 Å². The van der Waals surface area contributed by atoms with Gasteiger partial charge in [0.15, 0.2) is 0 Å². The average molecular weight is 711 g/mol. The lowest BCUT2D eigenvalue weighted by molar-refractivity contribution is 0.401. The number of methoxy groups -OCH3 is 2. The van der Waals surface area contributed by atoms with Crippen LogP contribution in [0.5, 0.6) is 11.5 Å². The highest BCUT2D eigenvalue weighted by molar-refractivity contribution is 7.25. The van der Waals surface area contributed by atoms with Gasteiger partial charge in [0.05, 0.1) is 14.2 Å². The number of fused-ring (bicyclic) bond motifs is 3. The first-order chi connectivity index (χ1) is 25.1. The Labute approximate surface area is 313 Å². The molecule has 51 heavy (non-hydrogen) atoms. The zero-order valence-electron chi connectivity index (χ0n) is 30.6. The standard InChI is InChI=1S/C47H50O2S2/c1-5-7-9-11-29-47(30-12-10-8-6-2)41-31-35(33-13-19-37(48-3)20-14-33)17-23-39(41)40-24-18-36(32-42(40)47)44-26-28-46(51-44)45-27-25-43(50-45)34-15-21-38(49-4)22-16-34/h13-28,31-32H,5-12,29-30H2,1-4H3. The summed E-state index contributed by atoms with van der Waals surface area (Å²) in [5.41, 5.74) is 11.1. The molecule has 2 heterocycles. The van der Waals surface area contributed by atoms with Crippen LogP contribution in [0.2, 0.25) is 0 Å². The summed E-state index contributed by atoms with van der Waals surface area (Å²) in [6.45, 7) is 4.64. The lowest BCUT2D eigenvalue weighted by atomic mass is 9.70. The van der Waals surface area contributed by atoms with E-state index in [9.17, 15) is 0 Å². The predicted octanol–water partition coefficient (Wildman–Crippen LogP) is 14.7. The minimum atomic E-state index is 0.0196. The molecule has 0 radical (unpaired) electrons. The van der Waals surface area contributed by atoms with Crippen LogP contribution < -0.4 is 9.47 Å². The molecule has 0 N–H and O–H groups in total. The summed E-state index contributed by atoms with van der Waals surface area (Å²) < 4.78 is 10.9. The summed E-state index contributed by atoms with van der Waals surface area (Å²) in [5, 5.41) is 0. The van der Waals surface area contributed by atoms with Crippen molar-refractivity contribution in [3.05, 3.63) is 120 Å². The molecule has 6 aromatic rings. The summed E-state index contributed by atoms with van der Waals surface area (Å²) in [7, 11) is 3.45. The first-order valence-electron chi connectivity index (χ1n) is 18.9. The van der Waals surface area contributed by atoms with Crippen molar-refractivity contribution >= 4 is 22.7 Å². The Morgan fingerprint density at radius 1 is 0.431 bits per heavy atom. The minimum absolute atomic E-state index is 0.0196. The van der Waals surface area contributed by atoms with E-state index in [1.165, 1.54) is 123 Å². The molecule has 0 amide bonds. The maximum atomic E-state index is 5.48. The summed E-state index contributed by atoms with van der Waals surface area (Å²) in [6.07, 6.45) is 12.6. The molecule has 0 unspecified atom stereocenters. The molecule has 2 aromatic heterocycles. The summed E-state index contributed by atoms with van der Waals surface area (Å²) >= 11 is 3.78. The Morgan fingerprint density at radius 3 is 1.37 bits per heavy atom. The van der Waals surface area contributed by atoms with Gasteiger partial charge in [0.25, 0.3) is 0 Å². The fourth-order valence-corrected chi connectivity index (χ4v) is 10.1. The molecule has 0 bridgehead atoms. The van der Waals surface area contributed by atoms with Gasteiger partial charge in [-0.3, -0.25) is 0 Å². The summed E-state index contributed by atoms with van der Waals surface area (Å²) in [6, 6.07) is 40.8. The largest absolute Gasteiger partial charge is 0.497 e. The van der Waals surface area contributed by atoms with Crippen molar-refractivity contribution in [1.82, 2.24) is 0 Å². The number of rotatable bonds is 16. The third kappa shape index (κ3) is 7.32. The van der Waals surface area contributed by atoms with Crippen LogP contribution in [-0.2, 0) is 5.41 Å². The van der Waals surface area contributed by atoms with E-state index in [-0.39, 0.29) is 5.41 Å². The minimum Gasteiger partial charge on any atom is -0.497 e. The highest BCUT2D eigenvalue weighted by atomic mass is 32.1. The van der Waals surface area contributed by atoms with Crippen molar-refractivity contribution in [3.8, 4) is 64.4 Å². The van der Waals surface area contributed by atoms with E-state index in [0.717, 1.165) is 11.5 Å². The van der Waals surface area contributed by atoms with E-state index < -0.39 is 0 Å². The van der Waals surface area contributed by atoms with Crippen LogP contribution in [-0.4, -0.2) is 14.2 Å². The molecule has 0 atom stereocenters. The molecule has 4 heteroatoms. The lowest BCUT2D eigenvalue weighted by Crippen LogP contribution is -2.25. The summed E-state index contributed by atoms with van der Waals surface area (Å²) in [4.78, 5) is 5.27. The van der Waals surface area contributed by atoms with Gasteiger partial charge in [-0.15, -0.1) is 22.7 Å². The molecule has 1 aliphatic carbocycles. The van der Waals surface area contributed by atoms with Gasteiger partial charge in [0.2, 0.25) is 0 Å². The van der Waals surface area contributed by atoms with Crippen LogP contribution in [0.4, 0.5) is 0 Å². The first-order valence-corrected chi connectivity index (χ1v) is 20.5. The van der Waals surface area contributed by atoms with Gasteiger partial charge in [0, 0.05) is 24.9 Å². The maximum absolute atomic E-state index is 5.48. The molecule has 0 fully saturated rings. The fraction of sp³-hybridized carbons (Fsp3) is 0.319. The van der Waals surface area contributed by atoms with E-state index in [2.05, 4.69) is 111 Å². The SMILES string of the molecule is CCCCCCC1(CCCCCC)c2cc(-c3ccc(OC)cc3)ccc2-c2ccc(-c3ccc(-c4ccc(-c5ccc(OC)cc5)s4)s3)cc21. The monoisotopic (exact) mass is 710 g/mol. The van der Waals surface area contributed by atoms with Crippen molar-refractivity contribution < 1.29 is 9.47 Å². The fourth-order valence-electron chi connectivity index (χ4n) is 7.99. The van der Waals surface area contributed by atoms with Crippen LogP contribution in [0.25, 0.3) is 52.9 Å². The Kier molecular flexibility index (Phi) is 11.1. The topological polar surface area (TPSA) is 18.5 Å². The van der Waals surface area contributed by atoms with Crippen molar-refractivity contribution in [2.45, 2.75) is 83.5 Å². The van der Waals surface area contributed by atoms with Gasteiger partial charge in [-0.05, 0) is 130 Å². The van der Waals surface area contributed by atoms with E-state index in [1.807, 2.05) is 34.8 Å². The zero-order valence-corrected chi connectivity index (χ0v) is 32.2. The van der Waals surface area contributed by atoms with Crippen molar-refractivity contribution in [2.24, 2.45) is 0 Å². The van der Waals surface area contributed by atoms with E-state index in [4.69, 9.17) is 9.47 Å². The molecular weight excluding hydrogens is 661 g/mol. The number of hydrogen-bond acceptors (Lipinski definition) is 4. The van der Waals surface area contributed by atoms with E-state index in [0.29, 0.717) is 0 Å². The number of thiophene rings is 2. The lowest BCUT2D eigenvalue weighted by Gasteiger charge is -2.33. The Hall–Kier alpha value is -4.12. The molecule has 2 nitrogen and oxygen atoms in total. The highest BCUT2D eigenvalue weighted by Gasteiger charge is 2.42.